The molecule has 1 amide bonds. The summed E-state index contributed by atoms with van der Waals surface area (Å²) in [5.41, 5.74) is 5.53. The highest BCUT2D eigenvalue weighted by Gasteiger charge is 2.16. The summed E-state index contributed by atoms with van der Waals surface area (Å²) in [7, 11) is 0. The number of nitrogens with zero attached hydrogens (tertiary/aromatic N) is 3. The molecule has 166 valence electrons. The fourth-order valence-corrected chi connectivity index (χ4v) is 3.98. The second-order valence-corrected chi connectivity index (χ2v) is 8.47. The van der Waals surface area contributed by atoms with Crippen molar-refractivity contribution < 1.29 is 14.3 Å². The lowest BCUT2D eigenvalue weighted by molar-refractivity contribution is 0.0524. The Morgan fingerprint density at radius 1 is 0.879 bits per heavy atom. The molecule has 0 aliphatic heterocycles. The van der Waals surface area contributed by atoms with Crippen LogP contribution in [0.25, 0.3) is 16.8 Å². The number of hydrogen-bond acceptors (Lipinski definition) is 5. The number of amides is 1. The van der Waals surface area contributed by atoms with Crippen LogP contribution >= 0.6 is 11.3 Å². The highest BCUT2D eigenvalue weighted by molar-refractivity contribution is 7.10. The molecule has 0 aliphatic rings. The standard InChI is InChI=1S/C26H23N3O3S/c1-4-32-25(31)24-28-29(22-15-7-18(3)8-16-22)26(33-24)27-23(30)21-13-11-20(12-14-21)19-9-5-17(2)6-10-19/h5-16H,4H2,1-3H3. The lowest BCUT2D eigenvalue weighted by atomic mass is 10.0. The molecule has 0 aliphatic carbocycles. The van der Waals surface area contributed by atoms with E-state index in [-0.39, 0.29) is 11.6 Å². The zero-order chi connectivity index (χ0) is 23.4. The monoisotopic (exact) mass is 457 g/mol. The van der Waals surface area contributed by atoms with Gasteiger partial charge in [-0.15, -0.1) is 5.10 Å². The van der Waals surface area contributed by atoms with Crippen molar-refractivity contribution in [1.82, 2.24) is 9.78 Å². The Morgan fingerprint density at radius 3 is 2.00 bits per heavy atom. The molecule has 0 unspecified atom stereocenters. The van der Waals surface area contributed by atoms with Gasteiger partial charge in [0.2, 0.25) is 9.81 Å². The zero-order valence-corrected chi connectivity index (χ0v) is 19.4. The third-order valence-electron chi connectivity index (χ3n) is 5.00. The lowest BCUT2D eigenvalue weighted by Crippen LogP contribution is -2.17. The zero-order valence-electron chi connectivity index (χ0n) is 18.6. The van der Waals surface area contributed by atoms with Crippen molar-refractivity contribution in [2.45, 2.75) is 20.8 Å². The third kappa shape index (κ3) is 5.15. The van der Waals surface area contributed by atoms with Gasteiger partial charge in [0.05, 0.1) is 12.3 Å². The van der Waals surface area contributed by atoms with Gasteiger partial charge in [0.1, 0.15) is 0 Å². The Kier molecular flexibility index (Phi) is 6.60. The number of hydrogen-bond donors (Lipinski definition) is 0. The summed E-state index contributed by atoms with van der Waals surface area (Å²) < 4.78 is 6.57. The van der Waals surface area contributed by atoms with Crippen LogP contribution in [0.1, 0.15) is 38.2 Å². The number of carbonyl (C=O) groups excluding carboxylic acids is 2. The van der Waals surface area contributed by atoms with Gasteiger partial charge in [-0.3, -0.25) is 4.79 Å². The Hall–Kier alpha value is -3.84. The van der Waals surface area contributed by atoms with Crippen molar-refractivity contribution in [3.05, 3.63) is 99.3 Å². The summed E-state index contributed by atoms with van der Waals surface area (Å²) in [6.07, 6.45) is 0. The SMILES string of the molecule is CCOC(=O)c1nn(-c2ccc(C)cc2)c(=NC(=O)c2ccc(-c3ccc(C)cc3)cc2)s1. The number of esters is 1. The van der Waals surface area contributed by atoms with Crippen LogP contribution in [0.4, 0.5) is 0 Å². The summed E-state index contributed by atoms with van der Waals surface area (Å²) >= 11 is 1.02. The molecule has 1 heterocycles. The van der Waals surface area contributed by atoms with Crippen LogP contribution in [0.15, 0.2) is 77.8 Å². The topological polar surface area (TPSA) is 73.5 Å². The first kappa shape index (κ1) is 22.4. The van der Waals surface area contributed by atoms with Gasteiger partial charge < -0.3 is 4.74 Å². The van der Waals surface area contributed by atoms with Crippen molar-refractivity contribution in [3.63, 3.8) is 0 Å². The van der Waals surface area contributed by atoms with Crippen LogP contribution in [-0.2, 0) is 4.74 Å². The van der Waals surface area contributed by atoms with E-state index < -0.39 is 11.9 Å². The lowest BCUT2D eigenvalue weighted by Gasteiger charge is -2.04. The van der Waals surface area contributed by atoms with E-state index in [2.05, 4.69) is 34.4 Å². The van der Waals surface area contributed by atoms with Gasteiger partial charge in [0.25, 0.3) is 5.91 Å². The van der Waals surface area contributed by atoms with Crippen molar-refractivity contribution in [3.8, 4) is 16.8 Å². The second kappa shape index (κ2) is 9.75. The van der Waals surface area contributed by atoms with Gasteiger partial charge in [-0.25, -0.2) is 9.48 Å². The summed E-state index contributed by atoms with van der Waals surface area (Å²) in [6, 6.07) is 23.1. The molecule has 0 N–H and O–H groups in total. The Bertz CT molecular complexity index is 1350. The van der Waals surface area contributed by atoms with Gasteiger partial charge in [-0.05, 0) is 56.2 Å². The summed E-state index contributed by atoms with van der Waals surface area (Å²) in [5.74, 6) is -0.954. The predicted octanol–water partition coefficient (Wildman–Crippen LogP) is 5.14. The molecule has 0 spiro atoms. The highest BCUT2D eigenvalue weighted by atomic mass is 32.1. The Morgan fingerprint density at radius 2 is 1.42 bits per heavy atom. The van der Waals surface area contributed by atoms with Crippen molar-refractivity contribution in [2.24, 2.45) is 4.99 Å². The maximum Gasteiger partial charge on any atom is 0.369 e. The number of aromatic nitrogens is 2. The number of carbonyl (C=O) groups is 2. The van der Waals surface area contributed by atoms with Crippen molar-refractivity contribution >= 4 is 23.2 Å². The Labute approximate surface area is 195 Å². The van der Waals surface area contributed by atoms with Gasteiger partial charge in [-0.2, -0.15) is 4.99 Å². The van der Waals surface area contributed by atoms with Crippen LogP contribution in [0.2, 0.25) is 0 Å². The molecule has 0 saturated heterocycles. The van der Waals surface area contributed by atoms with Gasteiger partial charge >= 0.3 is 5.97 Å². The number of aryl methyl sites for hydroxylation is 2. The van der Waals surface area contributed by atoms with E-state index >= 15 is 0 Å². The van der Waals surface area contributed by atoms with E-state index in [0.717, 1.165) is 28.0 Å². The smallest absolute Gasteiger partial charge is 0.369 e. The quantitative estimate of drug-likeness (QED) is 0.389. The fraction of sp³-hybridized carbons (Fsp3) is 0.154. The van der Waals surface area contributed by atoms with E-state index in [1.807, 2.05) is 50.2 Å². The largest absolute Gasteiger partial charge is 0.461 e. The minimum Gasteiger partial charge on any atom is -0.461 e. The molecule has 7 heteroatoms. The number of benzene rings is 3. The Balaban J connectivity index is 1.69. The van der Waals surface area contributed by atoms with Crippen molar-refractivity contribution in [2.75, 3.05) is 6.61 Å². The van der Waals surface area contributed by atoms with Crippen LogP contribution in [0, 0.1) is 13.8 Å². The molecule has 0 radical (unpaired) electrons. The molecule has 33 heavy (non-hydrogen) atoms. The minimum atomic E-state index is -0.542. The van der Waals surface area contributed by atoms with Crippen molar-refractivity contribution in [1.29, 1.82) is 0 Å². The molecule has 6 nitrogen and oxygen atoms in total. The van der Waals surface area contributed by atoms with Crippen LogP contribution in [-0.4, -0.2) is 28.3 Å². The van der Waals surface area contributed by atoms with Gasteiger partial charge in [0, 0.05) is 5.56 Å². The number of rotatable bonds is 5. The maximum atomic E-state index is 12.9. The molecule has 0 atom stereocenters. The highest BCUT2D eigenvalue weighted by Crippen LogP contribution is 2.20. The summed E-state index contributed by atoms with van der Waals surface area (Å²) in [4.78, 5) is 29.7. The fourth-order valence-electron chi connectivity index (χ4n) is 3.19. The molecule has 4 aromatic rings. The van der Waals surface area contributed by atoms with Gasteiger partial charge in [-0.1, -0.05) is 71.0 Å². The molecule has 0 fully saturated rings. The average Bonchev–Trinajstić information content (AvgIpc) is 3.24. The molecule has 0 bridgehead atoms. The minimum absolute atomic E-state index is 0.138. The van der Waals surface area contributed by atoms with E-state index in [1.165, 1.54) is 10.2 Å². The molecule has 3 aromatic carbocycles. The van der Waals surface area contributed by atoms with E-state index in [9.17, 15) is 9.59 Å². The molecular formula is C26H23N3O3S. The molecule has 0 saturated carbocycles. The second-order valence-electron chi connectivity index (χ2n) is 7.52. The summed E-state index contributed by atoms with van der Waals surface area (Å²) in [6.45, 7) is 5.99. The summed E-state index contributed by atoms with van der Waals surface area (Å²) in [5, 5.41) is 4.49. The first-order valence-electron chi connectivity index (χ1n) is 10.5. The predicted molar refractivity (Wildman–Crippen MR) is 129 cm³/mol. The number of ether oxygens (including phenoxy) is 1. The first-order chi connectivity index (χ1) is 15.9. The van der Waals surface area contributed by atoms with E-state index in [0.29, 0.717) is 16.1 Å². The molecule has 1 aromatic heterocycles. The third-order valence-corrected chi connectivity index (χ3v) is 5.89. The van der Waals surface area contributed by atoms with Crippen LogP contribution in [0.5, 0.6) is 0 Å². The van der Waals surface area contributed by atoms with E-state index in [1.54, 1.807) is 19.1 Å². The molecule has 4 rings (SSSR count). The average molecular weight is 458 g/mol. The van der Waals surface area contributed by atoms with E-state index in [4.69, 9.17) is 4.74 Å². The van der Waals surface area contributed by atoms with Crippen LogP contribution in [0.3, 0.4) is 0 Å². The normalized spacial score (nSPS) is 11.4. The first-order valence-corrected chi connectivity index (χ1v) is 11.4. The molecular weight excluding hydrogens is 434 g/mol. The van der Waals surface area contributed by atoms with Crippen LogP contribution < -0.4 is 4.80 Å². The maximum absolute atomic E-state index is 12.9. The van der Waals surface area contributed by atoms with Gasteiger partial charge in [0.15, 0.2) is 0 Å².